The van der Waals surface area contributed by atoms with E-state index in [1.54, 1.807) is 0 Å². The molecule has 1 aromatic carbocycles. The highest BCUT2D eigenvalue weighted by molar-refractivity contribution is 6.32. The zero-order valence-corrected chi connectivity index (χ0v) is 9.45. The van der Waals surface area contributed by atoms with E-state index in [4.69, 9.17) is 23.2 Å². The Morgan fingerprint density at radius 2 is 1.80 bits per heavy atom. The average Bonchev–Trinajstić information content (AvgIpc) is 2.08. The highest BCUT2D eigenvalue weighted by Gasteiger charge is 2.28. The van der Waals surface area contributed by atoms with Crippen molar-refractivity contribution in [2.45, 2.75) is 24.6 Å². The predicted molar refractivity (Wildman–Crippen MR) is 57.3 cm³/mol. The number of alkyl halides is 1. The first-order valence-corrected chi connectivity index (χ1v) is 5.69. The third-order valence-electron chi connectivity index (χ3n) is 2.90. The molecule has 2 rings (SSSR count). The van der Waals surface area contributed by atoms with Crippen molar-refractivity contribution >= 4 is 23.2 Å². The number of hydrogen-bond acceptors (Lipinski definition) is 0. The van der Waals surface area contributed by atoms with Crippen molar-refractivity contribution in [3.05, 3.63) is 34.4 Å². The molecule has 0 bridgehead atoms. The molecule has 4 heteroatoms. The Hall–Kier alpha value is -0.340. The van der Waals surface area contributed by atoms with Gasteiger partial charge in [0.25, 0.3) is 0 Å². The molecule has 1 unspecified atom stereocenters. The summed E-state index contributed by atoms with van der Waals surface area (Å²) in [5, 5.41) is -0.0952. The number of benzene rings is 1. The molecule has 1 saturated carbocycles. The number of rotatable bonds is 2. The second-order valence-electron chi connectivity index (χ2n) is 3.88. The Labute approximate surface area is 97.2 Å². The fraction of sp³-hybridized carbons (Fsp3) is 0.455. The maximum atomic E-state index is 13.0. The van der Waals surface area contributed by atoms with E-state index in [1.165, 1.54) is 0 Å². The average molecular weight is 251 g/mol. The SMILES string of the molecule is Fc1cc(Cl)c(C(Cl)C2CCC2)cc1F. The van der Waals surface area contributed by atoms with Crippen molar-refractivity contribution in [3.63, 3.8) is 0 Å². The fourth-order valence-electron chi connectivity index (χ4n) is 1.74. The summed E-state index contributed by atoms with van der Waals surface area (Å²) in [5.41, 5.74) is 0.502. The van der Waals surface area contributed by atoms with Crippen LogP contribution in [0.3, 0.4) is 0 Å². The molecule has 1 aliphatic rings. The third-order valence-corrected chi connectivity index (χ3v) is 3.82. The summed E-state index contributed by atoms with van der Waals surface area (Å²) in [5.74, 6) is -1.48. The van der Waals surface area contributed by atoms with Crippen LogP contribution in [0.1, 0.15) is 30.2 Å². The lowest BCUT2D eigenvalue weighted by Crippen LogP contribution is -2.17. The first-order valence-electron chi connectivity index (χ1n) is 4.88. The highest BCUT2D eigenvalue weighted by atomic mass is 35.5. The molecule has 0 heterocycles. The standard InChI is InChI=1S/C11H10Cl2F2/c12-8-5-10(15)9(14)4-7(8)11(13)6-2-1-3-6/h4-6,11H,1-3H2. The Kier molecular flexibility index (Phi) is 3.17. The van der Waals surface area contributed by atoms with Gasteiger partial charge in [-0.15, -0.1) is 11.6 Å². The van der Waals surface area contributed by atoms with Crippen molar-refractivity contribution in [2.24, 2.45) is 5.92 Å². The van der Waals surface area contributed by atoms with Crippen LogP contribution in [0.25, 0.3) is 0 Å². The summed E-state index contributed by atoms with van der Waals surface area (Å²) >= 11 is 12.0. The molecule has 1 aromatic rings. The monoisotopic (exact) mass is 250 g/mol. The lowest BCUT2D eigenvalue weighted by molar-refractivity contribution is 0.305. The molecule has 1 fully saturated rings. The maximum Gasteiger partial charge on any atom is 0.160 e. The van der Waals surface area contributed by atoms with Crippen LogP contribution in [0.4, 0.5) is 8.78 Å². The van der Waals surface area contributed by atoms with E-state index >= 15 is 0 Å². The van der Waals surface area contributed by atoms with E-state index in [-0.39, 0.29) is 10.4 Å². The molecule has 0 nitrogen and oxygen atoms in total. The molecule has 0 amide bonds. The third kappa shape index (κ3) is 2.11. The maximum absolute atomic E-state index is 13.0. The zero-order valence-electron chi connectivity index (χ0n) is 7.94. The lowest BCUT2D eigenvalue weighted by atomic mass is 9.80. The van der Waals surface area contributed by atoms with E-state index in [9.17, 15) is 8.78 Å². The molecule has 1 aliphatic carbocycles. The number of hydrogen-bond donors (Lipinski definition) is 0. The Bertz CT molecular complexity index is 375. The molecule has 0 radical (unpaired) electrons. The first kappa shape index (κ1) is 11.2. The summed E-state index contributed by atoms with van der Waals surface area (Å²) in [6.45, 7) is 0. The molecule has 1 atom stereocenters. The van der Waals surface area contributed by atoms with Crippen LogP contribution in [0, 0.1) is 17.6 Å². The highest BCUT2D eigenvalue weighted by Crippen LogP contribution is 2.44. The van der Waals surface area contributed by atoms with Gasteiger partial charge in [-0.3, -0.25) is 0 Å². The minimum absolute atomic E-state index is 0.209. The van der Waals surface area contributed by atoms with Crippen molar-refractivity contribution in [2.75, 3.05) is 0 Å². The minimum atomic E-state index is -0.929. The van der Waals surface area contributed by atoms with Crippen LogP contribution in [0.5, 0.6) is 0 Å². The topological polar surface area (TPSA) is 0 Å². The molecule has 15 heavy (non-hydrogen) atoms. The zero-order chi connectivity index (χ0) is 11.0. The summed E-state index contributed by atoms with van der Waals surface area (Å²) in [6, 6.07) is 2.09. The fourth-order valence-corrected chi connectivity index (χ4v) is 2.49. The van der Waals surface area contributed by atoms with Crippen LogP contribution < -0.4 is 0 Å². The second-order valence-corrected chi connectivity index (χ2v) is 4.76. The largest absolute Gasteiger partial charge is 0.204 e. The van der Waals surface area contributed by atoms with E-state index in [0.717, 1.165) is 31.4 Å². The summed E-state index contributed by atoms with van der Waals surface area (Å²) in [6.07, 6.45) is 3.21. The van der Waals surface area contributed by atoms with Crippen molar-refractivity contribution in [1.82, 2.24) is 0 Å². The van der Waals surface area contributed by atoms with Gasteiger partial charge in [-0.25, -0.2) is 8.78 Å². The minimum Gasteiger partial charge on any atom is -0.204 e. The van der Waals surface area contributed by atoms with Gasteiger partial charge >= 0.3 is 0 Å². The van der Waals surface area contributed by atoms with E-state index in [2.05, 4.69) is 0 Å². The van der Waals surface area contributed by atoms with Crippen molar-refractivity contribution in [1.29, 1.82) is 0 Å². The van der Waals surface area contributed by atoms with E-state index in [0.29, 0.717) is 11.5 Å². The second kappa shape index (κ2) is 4.26. The predicted octanol–water partition coefficient (Wildman–Crippen LogP) is 4.70. The lowest BCUT2D eigenvalue weighted by Gasteiger charge is -2.30. The van der Waals surface area contributed by atoms with Crippen LogP contribution >= 0.6 is 23.2 Å². The van der Waals surface area contributed by atoms with Crippen LogP contribution in [0.15, 0.2) is 12.1 Å². The summed E-state index contributed by atoms with van der Waals surface area (Å²) < 4.78 is 25.8. The van der Waals surface area contributed by atoms with Gasteiger partial charge in [0.05, 0.1) is 5.38 Å². The van der Waals surface area contributed by atoms with Gasteiger partial charge in [-0.2, -0.15) is 0 Å². The van der Waals surface area contributed by atoms with Gasteiger partial charge < -0.3 is 0 Å². The van der Waals surface area contributed by atoms with Crippen LogP contribution in [0.2, 0.25) is 5.02 Å². The van der Waals surface area contributed by atoms with E-state index < -0.39 is 11.6 Å². The van der Waals surface area contributed by atoms with Gasteiger partial charge in [0, 0.05) is 5.02 Å². The van der Waals surface area contributed by atoms with Gasteiger partial charge in [0.15, 0.2) is 11.6 Å². The number of halogens is 4. The van der Waals surface area contributed by atoms with Gasteiger partial charge in [-0.1, -0.05) is 18.0 Å². The first-order chi connectivity index (χ1) is 7.09. The van der Waals surface area contributed by atoms with Crippen LogP contribution in [-0.4, -0.2) is 0 Å². The molecule has 0 aliphatic heterocycles. The molecule has 0 saturated heterocycles. The Morgan fingerprint density at radius 1 is 1.20 bits per heavy atom. The summed E-state index contributed by atoms with van der Waals surface area (Å²) in [4.78, 5) is 0. The quantitative estimate of drug-likeness (QED) is 0.528. The van der Waals surface area contributed by atoms with Gasteiger partial charge in [0.1, 0.15) is 0 Å². The molecule has 0 aromatic heterocycles. The molecule has 0 N–H and O–H groups in total. The molecular weight excluding hydrogens is 241 g/mol. The van der Waals surface area contributed by atoms with Crippen molar-refractivity contribution < 1.29 is 8.78 Å². The van der Waals surface area contributed by atoms with Crippen LogP contribution in [-0.2, 0) is 0 Å². The summed E-state index contributed by atoms with van der Waals surface area (Å²) in [7, 11) is 0. The normalized spacial score (nSPS) is 18.7. The van der Waals surface area contributed by atoms with Gasteiger partial charge in [-0.05, 0) is 36.5 Å². The van der Waals surface area contributed by atoms with Crippen molar-refractivity contribution in [3.8, 4) is 0 Å². The molecule has 82 valence electrons. The smallest absolute Gasteiger partial charge is 0.160 e. The molecular formula is C11H10Cl2F2. The molecule has 0 spiro atoms. The van der Waals surface area contributed by atoms with Gasteiger partial charge in [0.2, 0.25) is 0 Å². The Morgan fingerprint density at radius 3 is 2.33 bits per heavy atom. The van der Waals surface area contributed by atoms with E-state index in [1.807, 2.05) is 0 Å². The Balaban J connectivity index is 2.30.